The predicted octanol–water partition coefficient (Wildman–Crippen LogP) is 0.436. The third-order valence-electron chi connectivity index (χ3n) is 2.76. The van der Waals surface area contributed by atoms with Gasteiger partial charge in [-0.05, 0) is 37.0 Å². The van der Waals surface area contributed by atoms with Gasteiger partial charge in [-0.3, -0.25) is 4.98 Å². The van der Waals surface area contributed by atoms with Gasteiger partial charge in [-0.25, -0.2) is 0 Å². The van der Waals surface area contributed by atoms with Crippen LogP contribution < -0.4 is 0 Å². The van der Waals surface area contributed by atoms with E-state index in [4.69, 9.17) is 10.2 Å². The first-order valence-electron chi connectivity index (χ1n) is 4.67. The minimum Gasteiger partial charge on any atom is -0.385 e. The molecule has 1 aliphatic carbocycles. The molecule has 4 nitrogen and oxygen atoms in total. The molecule has 0 aliphatic heterocycles. The van der Waals surface area contributed by atoms with Crippen LogP contribution >= 0.6 is 0 Å². The summed E-state index contributed by atoms with van der Waals surface area (Å²) in [6.07, 6.45) is 2.39. The molecule has 0 bridgehead atoms. The monoisotopic (exact) mass is 195 g/mol. The lowest BCUT2D eigenvalue weighted by Gasteiger charge is -2.37. The van der Waals surface area contributed by atoms with E-state index in [1.165, 1.54) is 6.20 Å². The summed E-state index contributed by atoms with van der Waals surface area (Å²) in [4.78, 5) is 3.80. The van der Waals surface area contributed by atoms with E-state index < -0.39 is 11.9 Å². The van der Waals surface area contributed by atoms with Crippen molar-refractivity contribution in [1.29, 1.82) is 0 Å². The molecule has 0 saturated heterocycles. The summed E-state index contributed by atoms with van der Waals surface area (Å²) in [7, 11) is 0. The molecule has 0 spiro atoms. The van der Waals surface area contributed by atoms with Gasteiger partial charge in [0.25, 0.3) is 0 Å². The molecule has 0 aromatic carbocycles. The Labute approximate surface area is 81.9 Å². The number of aliphatic hydroxyl groups is 3. The highest BCUT2D eigenvalue weighted by Crippen LogP contribution is 2.41. The van der Waals surface area contributed by atoms with E-state index in [1.54, 1.807) is 12.1 Å². The van der Waals surface area contributed by atoms with Crippen LogP contribution in [0.4, 0.5) is 0 Å². The average molecular weight is 195 g/mol. The highest BCUT2D eigenvalue weighted by Gasteiger charge is 2.36. The summed E-state index contributed by atoms with van der Waals surface area (Å²) >= 11 is 0. The molecule has 2 rings (SSSR count). The van der Waals surface area contributed by atoms with Gasteiger partial charge >= 0.3 is 0 Å². The molecule has 0 unspecified atom stereocenters. The Morgan fingerprint density at radius 1 is 1.36 bits per heavy atom. The number of hydrogen-bond donors (Lipinski definition) is 3. The summed E-state index contributed by atoms with van der Waals surface area (Å²) < 4.78 is 0. The lowest BCUT2D eigenvalue weighted by atomic mass is 9.75. The van der Waals surface area contributed by atoms with Gasteiger partial charge in [0.1, 0.15) is 0 Å². The molecular formula is C10H13NO3. The van der Waals surface area contributed by atoms with Gasteiger partial charge in [0.05, 0.1) is 11.3 Å². The van der Waals surface area contributed by atoms with Crippen molar-refractivity contribution >= 4 is 0 Å². The van der Waals surface area contributed by atoms with Gasteiger partial charge in [-0.2, -0.15) is 0 Å². The third-order valence-corrected chi connectivity index (χ3v) is 2.76. The Morgan fingerprint density at radius 3 is 2.57 bits per heavy atom. The summed E-state index contributed by atoms with van der Waals surface area (Å²) in [6, 6.07) is 3.26. The zero-order valence-electron chi connectivity index (χ0n) is 7.72. The second kappa shape index (κ2) is 3.31. The lowest BCUT2D eigenvalue weighted by molar-refractivity contribution is -0.0492. The fourth-order valence-corrected chi connectivity index (χ4v) is 1.68. The Balaban J connectivity index is 2.30. The number of hydrogen-bond acceptors (Lipinski definition) is 4. The molecule has 0 amide bonds. The van der Waals surface area contributed by atoms with Crippen molar-refractivity contribution in [3.8, 4) is 0 Å². The molecule has 14 heavy (non-hydrogen) atoms. The van der Waals surface area contributed by atoms with E-state index in [-0.39, 0.29) is 5.69 Å². The van der Waals surface area contributed by atoms with E-state index >= 15 is 0 Å². The van der Waals surface area contributed by atoms with Crippen LogP contribution in [0.25, 0.3) is 0 Å². The Kier molecular flexibility index (Phi) is 2.26. The van der Waals surface area contributed by atoms with E-state index in [1.807, 2.05) is 0 Å². The van der Waals surface area contributed by atoms with Crippen molar-refractivity contribution in [2.45, 2.75) is 31.2 Å². The quantitative estimate of drug-likeness (QED) is 0.598. The van der Waals surface area contributed by atoms with Gasteiger partial charge in [0.2, 0.25) is 0 Å². The van der Waals surface area contributed by atoms with Crippen LogP contribution in [0.3, 0.4) is 0 Å². The van der Waals surface area contributed by atoms with Gasteiger partial charge in [-0.1, -0.05) is 0 Å². The Morgan fingerprint density at radius 2 is 2.07 bits per heavy atom. The van der Waals surface area contributed by atoms with E-state index in [0.717, 1.165) is 24.8 Å². The topological polar surface area (TPSA) is 73.6 Å². The van der Waals surface area contributed by atoms with Crippen molar-refractivity contribution in [2.24, 2.45) is 0 Å². The van der Waals surface area contributed by atoms with Crippen molar-refractivity contribution in [3.63, 3.8) is 0 Å². The van der Waals surface area contributed by atoms with Crippen molar-refractivity contribution in [2.75, 3.05) is 0 Å². The SMILES string of the molecule is OC(O)c1cc(C2(O)CCC2)ccn1. The van der Waals surface area contributed by atoms with Crippen LogP contribution in [-0.2, 0) is 5.60 Å². The first kappa shape index (κ1) is 9.58. The summed E-state index contributed by atoms with van der Waals surface area (Å²) in [5.41, 5.74) is 0.136. The first-order valence-corrected chi connectivity index (χ1v) is 4.67. The van der Waals surface area contributed by atoms with E-state index in [2.05, 4.69) is 4.98 Å². The van der Waals surface area contributed by atoms with Crippen LogP contribution in [0.15, 0.2) is 18.3 Å². The third kappa shape index (κ3) is 1.52. The molecule has 1 aliphatic rings. The highest BCUT2D eigenvalue weighted by molar-refractivity contribution is 5.25. The highest BCUT2D eigenvalue weighted by atomic mass is 16.5. The molecule has 4 heteroatoms. The minimum atomic E-state index is -1.57. The number of pyridine rings is 1. The molecule has 1 aromatic rings. The molecule has 0 atom stereocenters. The maximum absolute atomic E-state index is 10.00. The second-order valence-electron chi connectivity index (χ2n) is 3.73. The van der Waals surface area contributed by atoms with Crippen molar-refractivity contribution in [1.82, 2.24) is 4.98 Å². The maximum Gasteiger partial charge on any atom is 0.196 e. The number of rotatable bonds is 2. The first-order chi connectivity index (χ1) is 6.62. The molecule has 1 saturated carbocycles. The number of aromatic nitrogens is 1. The predicted molar refractivity (Wildman–Crippen MR) is 49.2 cm³/mol. The number of aliphatic hydroxyl groups excluding tert-OH is 1. The van der Waals surface area contributed by atoms with E-state index in [9.17, 15) is 5.11 Å². The minimum absolute atomic E-state index is 0.183. The average Bonchev–Trinajstić information content (AvgIpc) is 2.14. The molecule has 76 valence electrons. The molecule has 3 N–H and O–H groups in total. The van der Waals surface area contributed by atoms with Crippen molar-refractivity contribution in [3.05, 3.63) is 29.6 Å². The standard InChI is InChI=1S/C10H13NO3/c12-9(13)8-6-7(2-5-11-8)10(14)3-1-4-10/h2,5-6,9,12-14H,1,3-4H2. The Bertz CT molecular complexity index is 334. The summed E-state index contributed by atoms with van der Waals surface area (Å²) in [5, 5.41) is 27.8. The zero-order valence-corrected chi connectivity index (χ0v) is 7.72. The van der Waals surface area contributed by atoms with Gasteiger partial charge < -0.3 is 15.3 Å². The van der Waals surface area contributed by atoms with Crippen LogP contribution in [-0.4, -0.2) is 20.3 Å². The molecular weight excluding hydrogens is 182 g/mol. The summed E-state index contributed by atoms with van der Waals surface area (Å²) in [6.45, 7) is 0. The number of nitrogens with zero attached hydrogens (tertiary/aromatic N) is 1. The normalized spacial score (nSPS) is 19.4. The summed E-state index contributed by atoms with van der Waals surface area (Å²) in [5.74, 6) is 0. The van der Waals surface area contributed by atoms with Crippen LogP contribution in [0.1, 0.15) is 36.8 Å². The van der Waals surface area contributed by atoms with Crippen LogP contribution in [0, 0.1) is 0 Å². The van der Waals surface area contributed by atoms with Crippen LogP contribution in [0.2, 0.25) is 0 Å². The fraction of sp³-hybridized carbons (Fsp3) is 0.500. The van der Waals surface area contributed by atoms with Gasteiger partial charge in [-0.15, -0.1) is 0 Å². The lowest BCUT2D eigenvalue weighted by Crippen LogP contribution is -2.33. The molecule has 1 aromatic heterocycles. The van der Waals surface area contributed by atoms with Gasteiger partial charge in [0, 0.05) is 6.20 Å². The van der Waals surface area contributed by atoms with Gasteiger partial charge in [0.15, 0.2) is 6.29 Å². The zero-order chi connectivity index (χ0) is 10.2. The van der Waals surface area contributed by atoms with Crippen LogP contribution in [0.5, 0.6) is 0 Å². The largest absolute Gasteiger partial charge is 0.385 e. The maximum atomic E-state index is 10.00. The molecule has 1 fully saturated rings. The Hall–Kier alpha value is -0.970. The second-order valence-corrected chi connectivity index (χ2v) is 3.73. The van der Waals surface area contributed by atoms with E-state index in [0.29, 0.717) is 0 Å². The smallest absolute Gasteiger partial charge is 0.196 e. The molecule has 1 heterocycles. The fourth-order valence-electron chi connectivity index (χ4n) is 1.68. The molecule has 0 radical (unpaired) electrons. The van der Waals surface area contributed by atoms with Crippen molar-refractivity contribution < 1.29 is 15.3 Å².